The highest BCUT2D eigenvalue weighted by Gasteiger charge is 2.73. The average Bonchev–Trinajstić information content (AvgIpc) is 3.75. The van der Waals surface area contributed by atoms with Crippen LogP contribution in [0, 0.1) is 11.8 Å². The molecular formula is C37H43N3O8. The van der Waals surface area contributed by atoms with Crippen molar-refractivity contribution in [2.45, 2.75) is 62.4 Å². The van der Waals surface area contributed by atoms with Crippen LogP contribution in [0.3, 0.4) is 0 Å². The third kappa shape index (κ3) is 6.49. The van der Waals surface area contributed by atoms with Gasteiger partial charge in [-0.1, -0.05) is 67.5 Å². The van der Waals surface area contributed by atoms with Crippen LogP contribution >= 0.6 is 0 Å². The molecule has 254 valence electrons. The summed E-state index contributed by atoms with van der Waals surface area (Å²) in [5, 5.41) is 12.2. The van der Waals surface area contributed by atoms with E-state index in [0.29, 0.717) is 42.8 Å². The average molecular weight is 658 g/mol. The highest BCUT2D eigenvalue weighted by atomic mass is 16.6. The Bertz CT molecular complexity index is 1540. The number of hydrogen-bond donors (Lipinski definition) is 2. The Kier molecular flexibility index (Phi) is 10.3. The fourth-order valence-corrected chi connectivity index (χ4v) is 7.36. The van der Waals surface area contributed by atoms with E-state index in [1.54, 1.807) is 53.3 Å². The lowest BCUT2D eigenvalue weighted by atomic mass is 9.74. The zero-order valence-corrected chi connectivity index (χ0v) is 27.2. The molecule has 4 heterocycles. The van der Waals surface area contributed by atoms with E-state index in [9.17, 15) is 24.3 Å². The van der Waals surface area contributed by atoms with Gasteiger partial charge < -0.3 is 34.4 Å². The maximum Gasteiger partial charge on any atom is 0.313 e. The second kappa shape index (κ2) is 14.7. The predicted molar refractivity (Wildman–Crippen MR) is 177 cm³/mol. The van der Waals surface area contributed by atoms with Crippen LogP contribution in [0.4, 0.5) is 5.69 Å². The summed E-state index contributed by atoms with van der Waals surface area (Å²) in [5.74, 6) is -2.75. The Labute approximate surface area is 280 Å². The van der Waals surface area contributed by atoms with Crippen LogP contribution in [-0.4, -0.2) is 84.8 Å². The summed E-state index contributed by atoms with van der Waals surface area (Å²) in [6, 6.07) is 15.3. The number of anilines is 1. The van der Waals surface area contributed by atoms with Gasteiger partial charge in [0.05, 0.1) is 25.7 Å². The summed E-state index contributed by atoms with van der Waals surface area (Å²) in [4.78, 5) is 59.5. The number of esters is 1. The first kappa shape index (κ1) is 33.4. The van der Waals surface area contributed by atoms with E-state index in [2.05, 4.69) is 5.32 Å². The van der Waals surface area contributed by atoms with Crippen molar-refractivity contribution in [2.75, 3.05) is 38.3 Å². The molecule has 6 atom stereocenters. The highest BCUT2D eigenvalue weighted by Crippen LogP contribution is 2.56. The molecule has 2 N–H and O–H groups in total. The van der Waals surface area contributed by atoms with E-state index in [4.69, 9.17) is 14.2 Å². The predicted octanol–water partition coefficient (Wildman–Crippen LogP) is 3.48. The lowest BCUT2D eigenvalue weighted by Crippen LogP contribution is -2.56. The molecule has 2 fully saturated rings. The van der Waals surface area contributed by atoms with Crippen LogP contribution in [0.2, 0.25) is 0 Å². The van der Waals surface area contributed by atoms with E-state index >= 15 is 0 Å². The van der Waals surface area contributed by atoms with E-state index in [-0.39, 0.29) is 43.8 Å². The zero-order chi connectivity index (χ0) is 33.7. The monoisotopic (exact) mass is 657 g/mol. The number of nitrogens with one attached hydrogen (secondary N) is 1. The number of aliphatic hydroxyl groups excluding tert-OH is 1. The van der Waals surface area contributed by atoms with Crippen molar-refractivity contribution in [1.82, 2.24) is 10.2 Å². The van der Waals surface area contributed by atoms with E-state index in [0.717, 1.165) is 12.8 Å². The molecule has 2 saturated heterocycles. The lowest BCUT2D eigenvalue weighted by Gasteiger charge is -2.36. The molecule has 1 spiro atoms. The van der Waals surface area contributed by atoms with Gasteiger partial charge in [-0.15, -0.1) is 0 Å². The van der Waals surface area contributed by atoms with Crippen molar-refractivity contribution >= 4 is 29.4 Å². The molecule has 0 unspecified atom stereocenters. The molecule has 11 heteroatoms. The van der Waals surface area contributed by atoms with Gasteiger partial charge in [-0.05, 0) is 49.1 Å². The Hall–Kier alpha value is -4.48. The summed E-state index contributed by atoms with van der Waals surface area (Å²) in [6.45, 7) is 0.657. The third-order valence-corrected chi connectivity index (χ3v) is 9.74. The van der Waals surface area contributed by atoms with Crippen molar-refractivity contribution in [2.24, 2.45) is 11.8 Å². The molecule has 0 radical (unpaired) electrons. The number of methoxy groups -OCH3 is 1. The van der Waals surface area contributed by atoms with Gasteiger partial charge in [0.1, 0.15) is 29.4 Å². The minimum atomic E-state index is -1.35. The van der Waals surface area contributed by atoms with Crippen LogP contribution in [0.15, 0.2) is 78.9 Å². The minimum Gasteiger partial charge on any atom is -0.497 e. The molecule has 4 aliphatic heterocycles. The number of cyclic esters (lactones) is 1. The topological polar surface area (TPSA) is 135 Å². The number of ether oxygens (including phenoxy) is 3. The van der Waals surface area contributed by atoms with Gasteiger partial charge >= 0.3 is 5.97 Å². The quantitative estimate of drug-likeness (QED) is 0.238. The van der Waals surface area contributed by atoms with Gasteiger partial charge in [0, 0.05) is 31.8 Å². The molecule has 4 aliphatic rings. The SMILES string of the molecule is COc1ccc(N2C/C=C\CCC(=O)NC[C@H](c3ccccc3)OC(=O)[C@@H]3[C@H]4C(=O)N(CCCCCCO)[C@H](C2=O)[C@]42C=C[C@H]3O2)cc1. The van der Waals surface area contributed by atoms with Crippen LogP contribution in [-0.2, 0) is 28.7 Å². The molecule has 48 heavy (non-hydrogen) atoms. The summed E-state index contributed by atoms with van der Waals surface area (Å²) < 4.78 is 18.0. The number of nitrogens with zero attached hydrogens (tertiary/aromatic N) is 2. The van der Waals surface area contributed by atoms with Gasteiger partial charge in [0.2, 0.25) is 11.8 Å². The first-order chi connectivity index (χ1) is 23.4. The Morgan fingerprint density at radius 3 is 2.48 bits per heavy atom. The van der Waals surface area contributed by atoms with Crippen molar-refractivity contribution in [3.05, 3.63) is 84.5 Å². The Morgan fingerprint density at radius 2 is 1.73 bits per heavy atom. The summed E-state index contributed by atoms with van der Waals surface area (Å²) in [7, 11) is 1.57. The van der Waals surface area contributed by atoms with Gasteiger partial charge in [0.15, 0.2) is 0 Å². The van der Waals surface area contributed by atoms with Crippen molar-refractivity contribution < 1.29 is 38.5 Å². The Morgan fingerprint density at radius 1 is 0.958 bits per heavy atom. The minimum absolute atomic E-state index is 0.0719. The van der Waals surface area contributed by atoms with Gasteiger partial charge in [0.25, 0.3) is 5.91 Å². The number of fused-ring (bicyclic) bond motifs is 2. The largest absolute Gasteiger partial charge is 0.497 e. The summed E-state index contributed by atoms with van der Waals surface area (Å²) in [6.07, 6.45) is 9.25. The number of amides is 3. The van der Waals surface area contributed by atoms with Crippen molar-refractivity contribution in [1.29, 1.82) is 0 Å². The number of unbranched alkanes of at least 4 members (excludes halogenated alkanes) is 3. The maximum absolute atomic E-state index is 14.9. The van der Waals surface area contributed by atoms with Crippen molar-refractivity contribution in [3.63, 3.8) is 0 Å². The fraction of sp³-hybridized carbons (Fsp3) is 0.459. The first-order valence-electron chi connectivity index (χ1n) is 16.8. The molecule has 2 aromatic rings. The van der Waals surface area contributed by atoms with Crippen molar-refractivity contribution in [3.8, 4) is 5.75 Å². The number of benzene rings is 2. The number of hydrogen-bond acceptors (Lipinski definition) is 8. The molecule has 0 saturated carbocycles. The number of rotatable bonds is 9. The number of likely N-dealkylation sites (tertiary alicyclic amines) is 1. The van der Waals surface area contributed by atoms with E-state index < -0.39 is 41.7 Å². The van der Waals surface area contributed by atoms with Gasteiger partial charge in [-0.3, -0.25) is 19.2 Å². The number of aliphatic hydroxyl groups is 1. The Balaban J connectivity index is 1.39. The van der Waals surface area contributed by atoms with Gasteiger partial charge in [-0.2, -0.15) is 0 Å². The molecule has 2 aromatic carbocycles. The second-order valence-electron chi connectivity index (χ2n) is 12.7. The fourth-order valence-electron chi connectivity index (χ4n) is 7.36. The molecule has 0 aromatic heterocycles. The van der Waals surface area contributed by atoms with Gasteiger partial charge in [-0.25, -0.2) is 0 Å². The summed E-state index contributed by atoms with van der Waals surface area (Å²) >= 11 is 0. The molecule has 3 amide bonds. The molecular weight excluding hydrogens is 614 g/mol. The standard InChI is InChI=1S/C37H43N3O8/c1-46-27-17-15-26(16-18-27)39-21-10-5-8-14-30(42)38-24-29(25-12-6-4-7-13-25)47-36(45)31-28-19-20-37(48-28)32(31)34(43)40(33(37)35(39)44)22-9-2-3-11-23-41/h4-7,10,12-13,15-20,28-29,31-33,41H,2-3,8-9,11,14,21-24H2,1H3,(H,38,42)/b10-5-/t28-,29-,31+,32+,33-,37+/m1/s1. The highest BCUT2D eigenvalue weighted by molar-refractivity contribution is 6.05. The first-order valence-corrected chi connectivity index (χ1v) is 16.8. The normalized spacial score (nSPS) is 29.5. The number of allylic oxidation sites excluding steroid dienone is 1. The van der Waals surface area contributed by atoms with Crippen LogP contribution in [0.25, 0.3) is 0 Å². The molecule has 0 aliphatic carbocycles. The zero-order valence-electron chi connectivity index (χ0n) is 27.2. The molecule has 6 rings (SSSR count). The molecule has 11 nitrogen and oxygen atoms in total. The van der Waals surface area contributed by atoms with Crippen LogP contribution in [0.1, 0.15) is 50.2 Å². The third-order valence-electron chi connectivity index (χ3n) is 9.74. The number of carbonyl (C=O) groups excluding carboxylic acids is 4. The van der Waals surface area contributed by atoms with Crippen LogP contribution in [0.5, 0.6) is 5.75 Å². The number of carbonyl (C=O) groups is 4. The smallest absolute Gasteiger partial charge is 0.313 e. The molecule has 5 bridgehead atoms. The second-order valence-corrected chi connectivity index (χ2v) is 12.7. The maximum atomic E-state index is 14.9. The van der Waals surface area contributed by atoms with E-state index in [1.807, 2.05) is 42.5 Å². The van der Waals surface area contributed by atoms with Crippen LogP contribution < -0.4 is 15.0 Å². The lowest BCUT2D eigenvalue weighted by molar-refractivity contribution is -0.159. The summed E-state index contributed by atoms with van der Waals surface area (Å²) in [5.41, 5.74) is -0.0369. The van der Waals surface area contributed by atoms with E-state index in [1.165, 1.54) is 0 Å².